The molecule has 0 spiro atoms. The molecule has 1 unspecified atom stereocenters. The SMILES string of the molecule is COC(=O)NC1CCNC1.Cl. The zero-order chi connectivity index (χ0) is 7.40. The first kappa shape index (κ1) is 10.5. The highest BCUT2D eigenvalue weighted by Crippen LogP contribution is 1.96. The number of amides is 1. The molecule has 1 saturated heterocycles. The van der Waals surface area contributed by atoms with Gasteiger partial charge in [-0.2, -0.15) is 0 Å². The first-order valence-electron chi connectivity index (χ1n) is 3.38. The highest BCUT2D eigenvalue weighted by Gasteiger charge is 2.15. The van der Waals surface area contributed by atoms with E-state index in [9.17, 15) is 4.79 Å². The summed E-state index contributed by atoms with van der Waals surface area (Å²) in [7, 11) is 1.37. The minimum atomic E-state index is -0.339. The van der Waals surface area contributed by atoms with Gasteiger partial charge in [0.1, 0.15) is 0 Å². The van der Waals surface area contributed by atoms with Gasteiger partial charge >= 0.3 is 6.09 Å². The Morgan fingerprint density at radius 1 is 1.73 bits per heavy atom. The van der Waals surface area contributed by atoms with E-state index in [0.29, 0.717) is 0 Å². The van der Waals surface area contributed by atoms with Crippen LogP contribution in [0.15, 0.2) is 0 Å². The summed E-state index contributed by atoms with van der Waals surface area (Å²) >= 11 is 0. The molecule has 0 aromatic heterocycles. The fourth-order valence-electron chi connectivity index (χ4n) is 1.00. The van der Waals surface area contributed by atoms with Crippen molar-refractivity contribution in [3.8, 4) is 0 Å². The molecule has 0 aromatic carbocycles. The fraction of sp³-hybridized carbons (Fsp3) is 0.833. The van der Waals surface area contributed by atoms with E-state index in [1.807, 2.05) is 0 Å². The number of methoxy groups -OCH3 is 1. The molecule has 11 heavy (non-hydrogen) atoms. The highest BCUT2D eigenvalue weighted by molar-refractivity contribution is 5.85. The lowest BCUT2D eigenvalue weighted by atomic mass is 10.3. The van der Waals surface area contributed by atoms with Crippen LogP contribution in [0.5, 0.6) is 0 Å². The summed E-state index contributed by atoms with van der Waals surface area (Å²) in [5.74, 6) is 0. The third-order valence-electron chi connectivity index (χ3n) is 1.57. The van der Waals surface area contributed by atoms with Gasteiger partial charge in [-0.05, 0) is 13.0 Å². The maximum Gasteiger partial charge on any atom is 0.407 e. The van der Waals surface area contributed by atoms with Crippen LogP contribution in [0, 0.1) is 0 Å². The number of carbonyl (C=O) groups is 1. The Morgan fingerprint density at radius 3 is 2.91 bits per heavy atom. The van der Waals surface area contributed by atoms with E-state index in [4.69, 9.17) is 0 Å². The predicted molar refractivity (Wildman–Crippen MR) is 44.1 cm³/mol. The summed E-state index contributed by atoms with van der Waals surface area (Å²) in [6.45, 7) is 1.84. The minimum absolute atomic E-state index is 0. The second kappa shape index (κ2) is 5.21. The summed E-state index contributed by atoms with van der Waals surface area (Å²) in [5.41, 5.74) is 0. The molecular formula is C6H13ClN2O2. The quantitative estimate of drug-likeness (QED) is 0.603. The van der Waals surface area contributed by atoms with Crippen LogP contribution in [0.3, 0.4) is 0 Å². The Morgan fingerprint density at radius 2 is 2.45 bits per heavy atom. The molecule has 1 atom stereocenters. The lowest BCUT2D eigenvalue weighted by Gasteiger charge is -2.08. The van der Waals surface area contributed by atoms with Gasteiger partial charge in [0, 0.05) is 12.6 Å². The number of carbonyl (C=O) groups excluding carboxylic acids is 1. The number of hydrogen-bond acceptors (Lipinski definition) is 3. The van der Waals surface area contributed by atoms with E-state index in [2.05, 4.69) is 15.4 Å². The maximum atomic E-state index is 10.6. The molecule has 1 heterocycles. The van der Waals surface area contributed by atoms with Crippen LogP contribution in [0.1, 0.15) is 6.42 Å². The van der Waals surface area contributed by atoms with Crippen molar-refractivity contribution in [2.45, 2.75) is 12.5 Å². The van der Waals surface area contributed by atoms with Gasteiger partial charge in [0.25, 0.3) is 0 Å². The first-order valence-corrected chi connectivity index (χ1v) is 3.38. The van der Waals surface area contributed by atoms with E-state index < -0.39 is 0 Å². The van der Waals surface area contributed by atoms with Crippen molar-refractivity contribution in [3.05, 3.63) is 0 Å². The number of alkyl carbamates (subject to hydrolysis) is 1. The smallest absolute Gasteiger partial charge is 0.407 e. The van der Waals surface area contributed by atoms with Crippen molar-refractivity contribution in [2.75, 3.05) is 20.2 Å². The van der Waals surface area contributed by atoms with Crippen molar-refractivity contribution < 1.29 is 9.53 Å². The van der Waals surface area contributed by atoms with Crippen molar-refractivity contribution in [3.63, 3.8) is 0 Å². The van der Waals surface area contributed by atoms with Crippen molar-refractivity contribution in [2.24, 2.45) is 0 Å². The maximum absolute atomic E-state index is 10.6. The summed E-state index contributed by atoms with van der Waals surface area (Å²) in [6.07, 6.45) is 0.656. The average Bonchev–Trinajstić information content (AvgIpc) is 2.40. The van der Waals surface area contributed by atoms with Crippen LogP contribution in [0.4, 0.5) is 4.79 Å². The van der Waals surface area contributed by atoms with Gasteiger partial charge in [-0.15, -0.1) is 12.4 Å². The fourth-order valence-corrected chi connectivity index (χ4v) is 1.00. The average molecular weight is 181 g/mol. The monoisotopic (exact) mass is 180 g/mol. The molecule has 1 aliphatic heterocycles. The van der Waals surface area contributed by atoms with Gasteiger partial charge in [-0.1, -0.05) is 0 Å². The molecule has 4 nitrogen and oxygen atoms in total. The molecule has 0 radical (unpaired) electrons. The third-order valence-corrected chi connectivity index (χ3v) is 1.57. The highest BCUT2D eigenvalue weighted by atomic mass is 35.5. The molecule has 0 aliphatic carbocycles. The van der Waals surface area contributed by atoms with Gasteiger partial charge in [0.05, 0.1) is 7.11 Å². The Bertz CT molecular complexity index is 126. The molecule has 66 valence electrons. The molecule has 5 heteroatoms. The van der Waals surface area contributed by atoms with Crippen molar-refractivity contribution >= 4 is 18.5 Å². The Balaban J connectivity index is 0.000001000. The topological polar surface area (TPSA) is 50.4 Å². The summed E-state index contributed by atoms with van der Waals surface area (Å²) in [6, 6.07) is 0.257. The molecule has 1 aliphatic rings. The van der Waals surface area contributed by atoms with Crippen LogP contribution >= 0.6 is 12.4 Å². The Labute approximate surface area is 72.1 Å². The minimum Gasteiger partial charge on any atom is -0.453 e. The summed E-state index contributed by atoms with van der Waals surface area (Å²) < 4.78 is 4.43. The van der Waals surface area contributed by atoms with Crippen LogP contribution in [0.25, 0.3) is 0 Å². The van der Waals surface area contributed by atoms with E-state index in [1.165, 1.54) is 7.11 Å². The van der Waals surface area contributed by atoms with E-state index in [0.717, 1.165) is 19.5 Å². The van der Waals surface area contributed by atoms with Crippen LogP contribution < -0.4 is 10.6 Å². The Hall–Kier alpha value is -0.480. The third kappa shape index (κ3) is 3.43. The number of hydrogen-bond donors (Lipinski definition) is 2. The lowest BCUT2D eigenvalue weighted by molar-refractivity contribution is 0.167. The number of ether oxygens (including phenoxy) is 1. The molecule has 0 bridgehead atoms. The predicted octanol–water partition coefficient (Wildman–Crippen LogP) is 0.126. The van der Waals surface area contributed by atoms with E-state index in [1.54, 1.807) is 0 Å². The molecule has 0 aromatic rings. The lowest BCUT2D eigenvalue weighted by Crippen LogP contribution is -2.35. The molecule has 1 amide bonds. The zero-order valence-electron chi connectivity index (χ0n) is 6.42. The second-order valence-corrected chi connectivity index (χ2v) is 2.33. The number of rotatable bonds is 1. The first-order chi connectivity index (χ1) is 4.83. The van der Waals surface area contributed by atoms with Crippen LogP contribution in [-0.2, 0) is 4.74 Å². The van der Waals surface area contributed by atoms with Crippen molar-refractivity contribution in [1.82, 2.24) is 10.6 Å². The summed E-state index contributed by atoms with van der Waals surface area (Å²) in [4.78, 5) is 10.6. The molecule has 2 N–H and O–H groups in total. The van der Waals surface area contributed by atoms with Crippen LogP contribution in [0.2, 0.25) is 0 Å². The molecule has 1 fully saturated rings. The van der Waals surface area contributed by atoms with E-state index >= 15 is 0 Å². The van der Waals surface area contributed by atoms with Crippen molar-refractivity contribution in [1.29, 1.82) is 0 Å². The van der Waals surface area contributed by atoms with Gasteiger partial charge in [-0.25, -0.2) is 4.79 Å². The normalized spacial score (nSPS) is 22.1. The second-order valence-electron chi connectivity index (χ2n) is 2.33. The molecule has 1 rings (SSSR count). The van der Waals surface area contributed by atoms with Crippen LogP contribution in [-0.4, -0.2) is 32.3 Å². The van der Waals surface area contributed by atoms with Gasteiger partial charge in [0.2, 0.25) is 0 Å². The van der Waals surface area contributed by atoms with Gasteiger partial charge in [-0.3, -0.25) is 0 Å². The Kier molecular flexibility index (Phi) is 4.98. The summed E-state index contributed by atoms with van der Waals surface area (Å²) in [5, 5.41) is 5.84. The van der Waals surface area contributed by atoms with Gasteiger partial charge in [0.15, 0.2) is 0 Å². The molecular weight excluding hydrogens is 168 g/mol. The molecule has 0 saturated carbocycles. The standard InChI is InChI=1S/C6H12N2O2.ClH/c1-10-6(9)8-5-2-3-7-4-5;/h5,7H,2-4H2,1H3,(H,8,9);1H. The zero-order valence-corrected chi connectivity index (χ0v) is 7.24. The number of halogens is 1. The van der Waals surface area contributed by atoms with Gasteiger partial charge < -0.3 is 15.4 Å². The van der Waals surface area contributed by atoms with E-state index in [-0.39, 0.29) is 24.5 Å². The largest absolute Gasteiger partial charge is 0.453 e. The number of nitrogens with one attached hydrogen (secondary N) is 2.